The number of aliphatic carboxylic acids is 1. The van der Waals surface area contributed by atoms with Gasteiger partial charge in [0.15, 0.2) is 0 Å². The highest BCUT2D eigenvalue weighted by Crippen LogP contribution is 2.34. The van der Waals surface area contributed by atoms with E-state index in [4.69, 9.17) is 5.11 Å². The summed E-state index contributed by atoms with van der Waals surface area (Å²) in [6.45, 7) is 1.15. The van der Waals surface area contributed by atoms with E-state index in [0.29, 0.717) is 0 Å². The van der Waals surface area contributed by atoms with Gasteiger partial charge in [-0.3, -0.25) is 4.79 Å². The summed E-state index contributed by atoms with van der Waals surface area (Å²) in [6, 6.07) is 3.14. The van der Waals surface area contributed by atoms with Crippen molar-refractivity contribution in [3.63, 3.8) is 0 Å². The molecule has 0 aromatic heterocycles. The molecule has 0 aliphatic rings. The molecule has 1 aromatic rings. The quantitative estimate of drug-likeness (QED) is 0.746. The predicted octanol–water partition coefficient (Wildman–Crippen LogP) is 2.04. The van der Waals surface area contributed by atoms with E-state index in [1.807, 2.05) is 5.32 Å². The van der Waals surface area contributed by atoms with Crippen molar-refractivity contribution in [2.24, 2.45) is 0 Å². The average Bonchev–Trinajstić information content (AvgIpc) is 2.19. The number of carboxylic acid groups (broad SMARTS) is 1. The Morgan fingerprint density at radius 1 is 1.29 bits per heavy atom. The zero-order chi connectivity index (χ0) is 13.2. The predicted molar refractivity (Wildman–Crippen MR) is 52.4 cm³/mol. The highest BCUT2D eigenvalue weighted by molar-refractivity contribution is 6.36. The summed E-state index contributed by atoms with van der Waals surface area (Å²) >= 11 is 0. The van der Waals surface area contributed by atoms with Crippen molar-refractivity contribution in [2.45, 2.75) is 13.1 Å². The molecule has 1 amide bonds. The van der Waals surface area contributed by atoms with Crippen molar-refractivity contribution in [1.82, 2.24) is 0 Å². The first-order valence-electron chi connectivity index (χ1n) is 4.44. The molecule has 1 rings (SSSR count). The van der Waals surface area contributed by atoms with E-state index in [-0.39, 0.29) is 11.3 Å². The number of carboxylic acids is 1. The summed E-state index contributed by atoms with van der Waals surface area (Å²) < 4.78 is 37.5. The molecule has 7 heteroatoms. The van der Waals surface area contributed by atoms with Crippen LogP contribution in [0.3, 0.4) is 0 Å². The number of carbonyl (C=O) groups is 2. The summed E-state index contributed by atoms with van der Waals surface area (Å²) in [7, 11) is 0. The molecule has 0 atom stereocenters. The molecule has 0 heterocycles. The van der Waals surface area contributed by atoms with Crippen LogP contribution >= 0.6 is 0 Å². The molecule has 2 N–H and O–H groups in total. The number of anilines is 1. The fourth-order valence-corrected chi connectivity index (χ4v) is 1.25. The molecule has 92 valence electrons. The summed E-state index contributed by atoms with van der Waals surface area (Å²) in [5, 5.41) is 10.2. The van der Waals surface area contributed by atoms with Gasteiger partial charge in [-0.2, -0.15) is 13.2 Å². The number of nitrogens with one attached hydrogen (secondary N) is 1. The maximum Gasteiger partial charge on any atom is 0.416 e. The third-order valence-electron chi connectivity index (χ3n) is 2.08. The van der Waals surface area contributed by atoms with Gasteiger partial charge >= 0.3 is 18.1 Å². The Bertz CT molecular complexity index is 468. The van der Waals surface area contributed by atoms with Crippen molar-refractivity contribution in [2.75, 3.05) is 5.32 Å². The Labute approximate surface area is 94.1 Å². The van der Waals surface area contributed by atoms with E-state index in [1.165, 1.54) is 6.07 Å². The lowest BCUT2D eigenvalue weighted by atomic mass is 10.1. The van der Waals surface area contributed by atoms with Crippen molar-refractivity contribution < 1.29 is 27.9 Å². The molecule has 0 saturated heterocycles. The van der Waals surface area contributed by atoms with Crippen LogP contribution in [-0.2, 0) is 15.8 Å². The van der Waals surface area contributed by atoms with Crippen LogP contribution in [0.4, 0.5) is 18.9 Å². The lowest BCUT2D eigenvalue weighted by Gasteiger charge is -2.13. The van der Waals surface area contributed by atoms with Gasteiger partial charge in [0.1, 0.15) is 0 Å². The van der Waals surface area contributed by atoms with Crippen LogP contribution in [0.15, 0.2) is 18.2 Å². The molecule has 0 aliphatic heterocycles. The topological polar surface area (TPSA) is 66.4 Å². The Balaban J connectivity index is 3.12. The fraction of sp³-hybridized carbons (Fsp3) is 0.200. The second-order valence-corrected chi connectivity index (χ2v) is 3.24. The molecule has 17 heavy (non-hydrogen) atoms. The maximum atomic E-state index is 12.5. The Hall–Kier alpha value is -2.05. The molecule has 0 fully saturated rings. The normalized spacial score (nSPS) is 11.1. The Morgan fingerprint density at radius 2 is 1.88 bits per heavy atom. The minimum Gasteiger partial charge on any atom is -0.474 e. The van der Waals surface area contributed by atoms with E-state index in [0.717, 1.165) is 19.1 Å². The molecule has 1 aromatic carbocycles. The second-order valence-electron chi connectivity index (χ2n) is 3.24. The van der Waals surface area contributed by atoms with Gasteiger partial charge in [-0.05, 0) is 24.6 Å². The van der Waals surface area contributed by atoms with Crippen LogP contribution in [0, 0.1) is 6.92 Å². The fourth-order valence-electron chi connectivity index (χ4n) is 1.25. The first-order valence-corrected chi connectivity index (χ1v) is 4.44. The van der Waals surface area contributed by atoms with Crippen molar-refractivity contribution >= 4 is 17.6 Å². The third-order valence-corrected chi connectivity index (χ3v) is 2.08. The number of rotatable bonds is 1. The molecular weight excluding hydrogens is 239 g/mol. The number of hydrogen-bond acceptors (Lipinski definition) is 2. The van der Waals surface area contributed by atoms with Gasteiger partial charge in [-0.25, -0.2) is 4.79 Å². The second kappa shape index (κ2) is 4.44. The highest BCUT2D eigenvalue weighted by atomic mass is 19.4. The van der Waals surface area contributed by atoms with Gasteiger partial charge in [0.2, 0.25) is 0 Å². The van der Waals surface area contributed by atoms with Crippen LogP contribution < -0.4 is 5.32 Å². The lowest BCUT2D eigenvalue weighted by molar-refractivity contribution is -0.147. The maximum absolute atomic E-state index is 12.5. The highest BCUT2D eigenvalue weighted by Gasteiger charge is 2.33. The zero-order valence-electron chi connectivity index (χ0n) is 8.63. The third kappa shape index (κ3) is 2.96. The summed E-state index contributed by atoms with van der Waals surface area (Å²) in [5.41, 5.74) is -1.32. The first kappa shape index (κ1) is 13.0. The number of benzene rings is 1. The minimum absolute atomic E-state index is 0.174. The first-order chi connectivity index (χ1) is 7.73. The van der Waals surface area contributed by atoms with Crippen LogP contribution in [0.5, 0.6) is 0 Å². The van der Waals surface area contributed by atoms with Crippen molar-refractivity contribution in [1.29, 1.82) is 0 Å². The largest absolute Gasteiger partial charge is 0.474 e. The smallest absolute Gasteiger partial charge is 0.416 e. The molecule has 0 spiro atoms. The summed E-state index contributed by atoms with van der Waals surface area (Å²) in [4.78, 5) is 21.1. The van der Waals surface area contributed by atoms with E-state index < -0.39 is 23.6 Å². The van der Waals surface area contributed by atoms with E-state index in [1.54, 1.807) is 0 Å². The van der Waals surface area contributed by atoms with Gasteiger partial charge in [0.25, 0.3) is 0 Å². The molecule has 0 unspecified atom stereocenters. The van der Waals surface area contributed by atoms with Gasteiger partial charge in [0, 0.05) is 5.69 Å². The Morgan fingerprint density at radius 3 is 2.35 bits per heavy atom. The van der Waals surface area contributed by atoms with Gasteiger partial charge < -0.3 is 10.4 Å². The van der Waals surface area contributed by atoms with Gasteiger partial charge in [-0.15, -0.1) is 0 Å². The number of alkyl halides is 3. The zero-order valence-corrected chi connectivity index (χ0v) is 8.63. The molecule has 0 saturated carbocycles. The molecule has 4 nitrogen and oxygen atoms in total. The van der Waals surface area contributed by atoms with E-state index in [2.05, 4.69) is 0 Å². The number of hydrogen-bond donors (Lipinski definition) is 2. The summed E-state index contributed by atoms with van der Waals surface area (Å²) in [6.07, 6.45) is -4.55. The average molecular weight is 247 g/mol. The van der Waals surface area contributed by atoms with Crippen molar-refractivity contribution in [3.05, 3.63) is 29.3 Å². The number of halogens is 3. The van der Waals surface area contributed by atoms with Crippen LogP contribution in [0.25, 0.3) is 0 Å². The van der Waals surface area contributed by atoms with Crippen LogP contribution in [-0.4, -0.2) is 17.0 Å². The number of amides is 1. The van der Waals surface area contributed by atoms with Gasteiger partial charge in [0.05, 0.1) is 5.56 Å². The van der Waals surface area contributed by atoms with Crippen LogP contribution in [0.2, 0.25) is 0 Å². The monoisotopic (exact) mass is 247 g/mol. The van der Waals surface area contributed by atoms with E-state index in [9.17, 15) is 22.8 Å². The standard InChI is InChI=1S/C10H8F3NO3/c1-5-6(10(11,12)13)3-2-4-7(5)14-8(15)9(16)17/h2-4H,1H3,(H,14,15)(H,16,17). The summed E-state index contributed by atoms with van der Waals surface area (Å²) in [5.74, 6) is -3.14. The molecule has 0 bridgehead atoms. The Kier molecular flexibility index (Phi) is 3.40. The number of carbonyl (C=O) groups excluding carboxylic acids is 1. The van der Waals surface area contributed by atoms with E-state index >= 15 is 0 Å². The molecule has 0 radical (unpaired) electrons. The van der Waals surface area contributed by atoms with Gasteiger partial charge in [-0.1, -0.05) is 6.07 Å². The molecule has 0 aliphatic carbocycles. The lowest BCUT2D eigenvalue weighted by Crippen LogP contribution is -2.23. The minimum atomic E-state index is -4.55. The van der Waals surface area contributed by atoms with Crippen molar-refractivity contribution in [3.8, 4) is 0 Å². The van der Waals surface area contributed by atoms with Crippen LogP contribution in [0.1, 0.15) is 11.1 Å². The SMILES string of the molecule is Cc1c(NC(=O)C(=O)O)cccc1C(F)(F)F. The molecular formula is C10H8F3NO3.